The summed E-state index contributed by atoms with van der Waals surface area (Å²) < 4.78 is 5.65. The highest BCUT2D eigenvalue weighted by Gasteiger charge is 2.02. The second kappa shape index (κ2) is 7.13. The Kier molecular flexibility index (Phi) is 5.17. The van der Waals surface area contributed by atoms with Crippen molar-refractivity contribution >= 4 is 11.3 Å². The molecule has 0 fully saturated rings. The lowest BCUT2D eigenvalue weighted by molar-refractivity contribution is 0.321. The monoisotopic (exact) mass is 262 g/mol. The van der Waals surface area contributed by atoms with Crippen molar-refractivity contribution in [2.24, 2.45) is 5.73 Å². The minimum atomic E-state index is 0.674. The van der Waals surface area contributed by atoms with Gasteiger partial charge in [0.1, 0.15) is 5.75 Å². The van der Waals surface area contributed by atoms with Gasteiger partial charge in [0.2, 0.25) is 0 Å². The van der Waals surface area contributed by atoms with Crippen LogP contribution in [0.15, 0.2) is 35.7 Å². The Morgan fingerprint density at radius 3 is 2.78 bits per heavy atom. The Hall–Kier alpha value is -1.39. The van der Waals surface area contributed by atoms with Gasteiger partial charge in [-0.1, -0.05) is 18.2 Å². The molecule has 0 amide bonds. The number of ether oxygens (including phenoxy) is 1. The summed E-state index contributed by atoms with van der Waals surface area (Å²) in [7, 11) is 0. The van der Waals surface area contributed by atoms with Gasteiger partial charge < -0.3 is 10.5 Å². The molecular weight excluding hydrogens is 244 g/mol. The number of nitrogens with two attached hydrogens (primary N) is 1. The standard InChI is InChI=1S/C14H18N2OS/c15-9-4-5-12-11-18-14(16-12)8-10-17-13-6-2-1-3-7-13/h1-3,6-7,11H,4-5,8-10,15H2. The summed E-state index contributed by atoms with van der Waals surface area (Å²) in [4.78, 5) is 4.56. The van der Waals surface area contributed by atoms with Crippen LogP contribution in [-0.2, 0) is 12.8 Å². The number of nitrogens with zero attached hydrogens (tertiary/aromatic N) is 1. The molecule has 3 nitrogen and oxygen atoms in total. The largest absolute Gasteiger partial charge is 0.493 e. The van der Waals surface area contributed by atoms with Gasteiger partial charge in [0.05, 0.1) is 17.3 Å². The van der Waals surface area contributed by atoms with Crippen molar-refractivity contribution in [2.75, 3.05) is 13.2 Å². The van der Waals surface area contributed by atoms with Crippen LogP contribution in [0.4, 0.5) is 0 Å². The summed E-state index contributed by atoms with van der Waals surface area (Å²) in [6.07, 6.45) is 2.85. The zero-order valence-electron chi connectivity index (χ0n) is 10.3. The lowest BCUT2D eigenvalue weighted by atomic mass is 10.2. The van der Waals surface area contributed by atoms with Gasteiger partial charge in [-0.2, -0.15) is 0 Å². The van der Waals surface area contributed by atoms with E-state index in [1.807, 2.05) is 30.3 Å². The van der Waals surface area contributed by atoms with Gasteiger partial charge >= 0.3 is 0 Å². The number of hydrogen-bond acceptors (Lipinski definition) is 4. The molecule has 2 aromatic rings. The quantitative estimate of drug-likeness (QED) is 0.834. The van der Waals surface area contributed by atoms with Crippen LogP contribution in [0.5, 0.6) is 5.75 Å². The summed E-state index contributed by atoms with van der Waals surface area (Å²) in [5, 5.41) is 3.26. The molecule has 1 aromatic heterocycles. The van der Waals surface area contributed by atoms with E-state index in [2.05, 4.69) is 10.4 Å². The smallest absolute Gasteiger partial charge is 0.119 e. The van der Waals surface area contributed by atoms with E-state index in [0.717, 1.165) is 42.3 Å². The highest BCUT2D eigenvalue weighted by molar-refractivity contribution is 7.09. The van der Waals surface area contributed by atoms with Crippen LogP contribution in [0.2, 0.25) is 0 Å². The van der Waals surface area contributed by atoms with E-state index in [1.165, 1.54) is 0 Å². The summed E-state index contributed by atoms with van der Waals surface area (Å²) in [6, 6.07) is 9.87. The molecule has 2 rings (SSSR count). The molecular formula is C14H18N2OS. The number of rotatable bonds is 7. The van der Waals surface area contributed by atoms with Crippen LogP contribution < -0.4 is 10.5 Å². The SMILES string of the molecule is NCCCc1csc(CCOc2ccccc2)n1. The normalized spacial score (nSPS) is 10.5. The maximum atomic E-state index is 5.65. The zero-order chi connectivity index (χ0) is 12.6. The van der Waals surface area contributed by atoms with E-state index in [-0.39, 0.29) is 0 Å². The molecule has 1 heterocycles. The van der Waals surface area contributed by atoms with Crippen LogP contribution in [0.25, 0.3) is 0 Å². The van der Waals surface area contributed by atoms with Crippen molar-refractivity contribution < 1.29 is 4.74 Å². The maximum absolute atomic E-state index is 5.65. The van der Waals surface area contributed by atoms with Crippen LogP contribution >= 0.6 is 11.3 Å². The molecule has 4 heteroatoms. The van der Waals surface area contributed by atoms with Crippen LogP contribution in [0.1, 0.15) is 17.1 Å². The number of aryl methyl sites for hydroxylation is 1. The highest BCUT2D eigenvalue weighted by atomic mass is 32.1. The fraction of sp³-hybridized carbons (Fsp3) is 0.357. The summed E-state index contributed by atoms with van der Waals surface area (Å²) in [5.41, 5.74) is 6.64. The number of benzene rings is 1. The minimum Gasteiger partial charge on any atom is -0.493 e. The van der Waals surface area contributed by atoms with Crippen molar-refractivity contribution in [1.29, 1.82) is 0 Å². The second-order valence-electron chi connectivity index (χ2n) is 4.04. The van der Waals surface area contributed by atoms with Gasteiger partial charge in [-0.05, 0) is 31.5 Å². The Morgan fingerprint density at radius 2 is 2.00 bits per heavy atom. The Labute approximate surface area is 112 Å². The van der Waals surface area contributed by atoms with Crippen molar-refractivity contribution in [1.82, 2.24) is 4.98 Å². The van der Waals surface area contributed by atoms with Gasteiger partial charge in [-0.25, -0.2) is 4.98 Å². The molecule has 0 radical (unpaired) electrons. The van der Waals surface area contributed by atoms with Gasteiger partial charge in [-0.15, -0.1) is 11.3 Å². The first-order chi connectivity index (χ1) is 8.88. The molecule has 18 heavy (non-hydrogen) atoms. The molecule has 0 aliphatic carbocycles. The molecule has 0 saturated heterocycles. The molecule has 0 unspecified atom stereocenters. The van der Waals surface area contributed by atoms with Gasteiger partial charge in [0, 0.05) is 11.8 Å². The summed E-state index contributed by atoms with van der Waals surface area (Å²) in [5.74, 6) is 0.914. The lowest BCUT2D eigenvalue weighted by Crippen LogP contribution is -2.02. The van der Waals surface area contributed by atoms with E-state index in [0.29, 0.717) is 6.61 Å². The Morgan fingerprint density at radius 1 is 1.17 bits per heavy atom. The van der Waals surface area contributed by atoms with E-state index in [4.69, 9.17) is 10.5 Å². The average Bonchev–Trinajstić information content (AvgIpc) is 2.85. The van der Waals surface area contributed by atoms with Crippen LogP contribution in [0.3, 0.4) is 0 Å². The Balaban J connectivity index is 1.75. The van der Waals surface area contributed by atoms with E-state index in [1.54, 1.807) is 11.3 Å². The van der Waals surface area contributed by atoms with Crippen molar-refractivity contribution in [3.05, 3.63) is 46.4 Å². The first kappa shape index (κ1) is 13.1. The van der Waals surface area contributed by atoms with Gasteiger partial charge in [-0.3, -0.25) is 0 Å². The van der Waals surface area contributed by atoms with Gasteiger partial charge in [0.15, 0.2) is 0 Å². The molecule has 0 aliphatic rings. The molecule has 96 valence electrons. The van der Waals surface area contributed by atoms with E-state index >= 15 is 0 Å². The number of para-hydroxylation sites is 1. The maximum Gasteiger partial charge on any atom is 0.119 e. The summed E-state index contributed by atoms with van der Waals surface area (Å²) >= 11 is 1.70. The van der Waals surface area contributed by atoms with Crippen LogP contribution in [-0.4, -0.2) is 18.1 Å². The van der Waals surface area contributed by atoms with E-state index in [9.17, 15) is 0 Å². The molecule has 1 aromatic carbocycles. The van der Waals surface area contributed by atoms with Crippen molar-refractivity contribution in [3.8, 4) is 5.75 Å². The van der Waals surface area contributed by atoms with Gasteiger partial charge in [0.25, 0.3) is 0 Å². The molecule has 0 bridgehead atoms. The summed E-state index contributed by atoms with van der Waals surface area (Å²) in [6.45, 7) is 1.40. The number of thiazole rings is 1. The van der Waals surface area contributed by atoms with Crippen LogP contribution in [0, 0.1) is 0 Å². The second-order valence-corrected chi connectivity index (χ2v) is 4.98. The number of aromatic nitrogens is 1. The minimum absolute atomic E-state index is 0.674. The lowest BCUT2D eigenvalue weighted by Gasteiger charge is -2.03. The highest BCUT2D eigenvalue weighted by Crippen LogP contribution is 2.13. The Bertz CT molecular complexity index is 456. The molecule has 0 atom stereocenters. The zero-order valence-corrected chi connectivity index (χ0v) is 11.2. The third kappa shape index (κ3) is 4.13. The average molecular weight is 262 g/mol. The van der Waals surface area contributed by atoms with E-state index < -0.39 is 0 Å². The molecule has 2 N–H and O–H groups in total. The third-order valence-corrected chi connectivity index (χ3v) is 3.52. The topological polar surface area (TPSA) is 48.1 Å². The predicted octanol–water partition coefficient (Wildman–Crippen LogP) is 2.66. The fourth-order valence-corrected chi connectivity index (χ4v) is 2.45. The number of hydrogen-bond donors (Lipinski definition) is 1. The molecule has 0 saturated carbocycles. The first-order valence-electron chi connectivity index (χ1n) is 6.19. The third-order valence-electron chi connectivity index (χ3n) is 2.56. The fourth-order valence-electron chi connectivity index (χ4n) is 1.63. The molecule has 0 aliphatic heterocycles. The molecule has 0 spiro atoms. The predicted molar refractivity (Wildman–Crippen MR) is 75.1 cm³/mol. The van der Waals surface area contributed by atoms with Crippen molar-refractivity contribution in [2.45, 2.75) is 19.3 Å². The van der Waals surface area contributed by atoms with Crippen molar-refractivity contribution in [3.63, 3.8) is 0 Å². The first-order valence-corrected chi connectivity index (χ1v) is 7.07.